The number of hydrogen-bond donors (Lipinski definition) is 1. The molecule has 0 bridgehead atoms. The smallest absolute Gasteiger partial charge is 0.231 e. The van der Waals surface area contributed by atoms with Gasteiger partial charge in [0.25, 0.3) is 0 Å². The molecule has 0 aliphatic carbocycles. The Morgan fingerprint density at radius 1 is 0.970 bits per heavy atom. The van der Waals surface area contributed by atoms with Crippen molar-refractivity contribution in [1.29, 1.82) is 0 Å². The Hall–Kier alpha value is -3.73. The third-order valence-electron chi connectivity index (χ3n) is 6.40. The van der Waals surface area contributed by atoms with E-state index in [9.17, 15) is 4.79 Å². The fourth-order valence-electron chi connectivity index (χ4n) is 4.66. The summed E-state index contributed by atoms with van der Waals surface area (Å²) < 4.78 is 13.4. The Bertz CT molecular complexity index is 1280. The standard InChI is InChI=1S/C28H28N2O3/c1-3-30-17-24(22-11-7-8-12-25(22)30)23(21-13-14-26-27(15-21)33-18-32-26)16-28(31)29-19(2)20-9-5-4-6-10-20/h4-15,17,19,23H,3,16,18H2,1-2H3,(H,29,31)/t19-,23+/m0/s1. The molecule has 0 saturated heterocycles. The van der Waals surface area contributed by atoms with Crippen LogP contribution in [0.1, 0.15) is 48.9 Å². The molecule has 0 unspecified atom stereocenters. The summed E-state index contributed by atoms with van der Waals surface area (Å²) in [5.41, 5.74) is 4.46. The Morgan fingerprint density at radius 3 is 2.55 bits per heavy atom. The van der Waals surface area contributed by atoms with Gasteiger partial charge in [0.15, 0.2) is 11.5 Å². The molecule has 0 saturated carbocycles. The van der Waals surface area contributed by atoms with Crippen molar-refractivity contribution in [3.8, 4) is 11.5 Å². The number of fused-ring (bicyclic) bond motifs is 2. The molecular formula is C28H28N2O3. The SMILES string of the molecule is CCn1cc([C@H](CC(=O)N[C@@H](C)c2ccccc2)c2ccc3c(c2)OCO3)c2ccccc21. The molecule has 168 valence electrons. The summed E-state index contributed by atoms with van der Waals surface area (Å²) in [6.07, 6.45) is 2.53. The number of rotatable bonds is 7. The predicted molar refractivity (Wildman–Crippen MR) is 130 cm³/mol. The zero-order valence-electron chi connectivity index (χ0n) is 19.0. The summed E-state index contributed by atoms with van der Waals surface area (Å²) in [7, 11) is 0. The van der Waals surface area contributed by atoms with Gasteiger partial charge in [0.2, 0.25) is 12.7 Å². The third-order valence-corrected chi connectivity index (χ3v) is 6.40. The van der Waals surface area contributed by atoms with Crippen LogP contribution in [0.3, 0.4) is 0 Å². The Morgan fingerprint density at radius 2 is 1.73 bits per heavy atom. The molecule has 0 spiro atoms. The van der Waals surface area contributed by atoms with E-state index in [-0.39, 0.29) is 24.7 Å². The lowest BCUT2D eigenvalue weighted by atomic mass is 9.87. The first-order chi connectivity index (χ1) is 16.1. The normalized spacial score (nSPS) is 14.2. The molecule has 1 aromatic heterocycles. The van der Waals surface area contributed by atoms with Crippen molar-refractivity contribution < 1.29 is 14.3 Å². The molecule has 5 rings (SSSR count). The molecular weight excluding hydrogens is 412 g/mol. The van der Waals surface area contributed by atoms with Gasteiger partial charge in [-0.1, -0.05) is 54.6 Å². The van der Waals surface area contributed by atoms with Gasteiger partial charge in [-0.2, -0.15) is 0 Å². The number of benzene rings is 3. The van der Waals surface area contributed by atoms with Crippen LogP contribution in [0.5, 0.6) is 11.5 Å². The lowest BCUT2D eigenvalue weighted by Gasteiger charge is -2.20. The van der Waals surface area contributed by atoms with E-state index in [1.54, 1.807) is 0 Å². The summed E-state index contributed by atoms with van der Waals surface area (Å²) in [5.74, 6) is 1.38. The molecule has 5 heteroatoms. The van der Waals surface area contributed by atoms with Crippen LogP contribution in [-0.4, -0.2) is 17.3 Å². The van der Waals surface area contributed by atoms with Crippen molar-refractivity contribution in [3.63, 3.8) is 0 Å². The van der Waals surface area contributed by atoms with Gasteiger partial charge in [0.1, 0.15) is 0 Å². The molecule has 2 heterocycles. The minimum absolute atomic E-state index is 0.0161. The van der Waals surface area contributed by atoms with Gasteiger partial charge in [-0.3, -0.25) is 4.79 Å². The zero-order valence-corrected chi connectivity index (χ0v) is 19.0. The third kappa shape index (κ3) is 4.19. The topological polar surface area (TPSA) is 52.5 Å². The van der Waals surface area contributed by atoms with E-state index in [2.05, 4.69) is 47.3 Å². The van der Waals surface area contributed by atoms with Crippen molar-refractivity contribution in [1.82, 2.24) is 9.88 Å². The summed E-state index contributed by atoms with van der Waals surface area (Å²) >= 11 is 0. The number of hydrogen-bond acceptors (Lipinski definition) is 3. The van der Waals surface area contributed by atoms with E-state index >= 15 is 0 Å². The van der Waals surface area contributed by atoms with Crippen molar-refractivity contribution in [2.75, 3.05) is 6.79 Å². The summed E-state index contributed by atoms with van der Waals surface area (Å²) in [4.78, 5) is 13.3. The maximum Gasteiger partial charge on any atom is 0.231 e. The fraction of sp³-hybridized carbons (Fsp3) is 0.250. The highest BCUT2D eigenvalue weighted by atomic mass is 16.7. The molecule has 0 radical (unpaired) electrons. The van der Waals surface area contributed by atoms with E-state index < -0.39 is 0 Å². The number of aromatic nitrogens is 1. The number of para-hydroxylation sites is 1. The first-order valence-corrected chi connectivity index (χ1v) is 11.5. The van der Waals surface area contributed by atoms with Gasteiger partial charge < -0.3 is 19.4 Å². The van der Waals surface area contributed by atoms with Crippen LogP contribution in [0.4, 0.5) is 0 Å². The van der Waals surface area contributed by atoms with Crippen LogP contribution in [0.25, 0.3) is 10.9 Å². The van der Waals surface area contributed by atoms with Gasteiger partial charge in [-0.05, 0) is 48.7 Å². The monoisotopic (exact) mass is 440 g/mol. The van der Waals surface area contributed by atoms with Crippen molar-refractivity contribution in [3.05, 3.63) is 95.7 Å². The van der Waals surface area contributed by atoms with Crippen LogP contribution in [0.2, 0.25) is 0 Å². The Labute approximate surface area is 193 Å². The van der Waals surface area contributed by atoms with E-state index in [1.165, 1.54) is 10.9 Å². The van der Waals surface area contributed by atoms with Crippen LogP contribution in [0, 0.1) is 0 Å². The molecule has 1 aliphatic rings. The van der Waals surface area contributed by atoms with E-state index in [4.69, 9.17) is 9.47 Å². The number of carbonyl (C=O) groups excluding carboxylic acids is 1. The minimum Gasteiger partial charge on any atom is -0.454 e. The lowest BCUT2D eigenvalue weighted by molar-refractivity contribution is -0.121. The van der Waals surface area contributed by atoms with Crippen LogP contribution in [-0.2, 0) is 11.3 Å². The van der Waals surface area contributed by atoms with Crippen LogP contribution in [0.15, 0.2) is 79.0 Å². The van der Waals surface area contributed by atoms with Gasteiger partial charge in [0.05, 0.1) is 6.04 Å². The summed E-state index contributed by atoms with van der Waals surface area (Å²) in [6, 6.07) is 24.4. The maximum absolute atomic E-state index is 13.3. The highest BCUT2D eigenvalue weighted by Gasteiger charge is 2.25. The highest BCUT2D eigenvalue weighted by Crippen LogP contribution is 2.40. The minimum atomic E-state index is -0.111. The molecule has 1 amide bonds. The largest absolute Gasteiger partial charge is 0.454 e. The highest BCUT2D eigenvalue weighted by molar-refractivity contribution is 5.87. The molecule has 5 nitrogen and oxygen atoms in total. The number of aryl methyl sites for hydroxylation is 1. The van der Waals surface area contributed by atoms with Gasteiger partial charge in [-0.15, -0.1) is 0 Å². The summed E-state index contributed by atoms with van der Waals surface area (Å²) in [5, 5.41) is 4.36. The molecule has 0 fully saturated rings. The molecule has 4 aromatic rings. The van der Waals surface area contributed by atoms with E-state index in [0.717, 1.165) is 34.7 Å². The molecule has 3 aromatic carbocycles. The number of nitrogens with zero attached hydrogens (tertiary/aromatic N) is 1. The zero-order chi connectivity index (χ0) is 22.8. The van der Waals surface area contributed by atoms with Gasteiger partial charge in [-0.25, -0.2) is 0 Å². The van der Waals surface area contributed by atoms with E-state index in [0.29, 0.717) is 6.42 Å². The number of amides is 1. The van der Waals surface area contributed by atoms with Crippen LogP contribution < -0.4 is 14.8 Å². The average molecular weight is 441 g/mol. The second-order valence-corrected chi connectivity index (χ2v) is 8.46. The molecule has 1 N–H and O–H groups in total. The first-order valence-electron chi connectivity index (χ1n) is 11.5. The lowest BCUT2D eigenvalue weighted by Crippen LogP contribution is -2.28. The number of ether oxygens (including phenoxy) is 2. The molecule has 1 aliphatic heterocycles. The van der Waals surface area contributed by atoms with Gasteiger partial charge in [0, 0.05) is 36.0 Å². The average Bonchev–Trinajstić information content (AvgIpc) is 3.47. The maximum atomic E-state index is 13.3. The molecule has 2 atom stereocenters. The quantitative estimate of drug-likeness (QED) is 0.396. The predicted octanol–water partition coefficient (Wildman–Crippen LogP) is 5.79. The Balaban J connectivity index is 1.51. The first kappa shape index (κ1) is 21.1. The molecule has 33 heavy (non-hydrogen) atoms. The van der Waals surface area contributed by atoms with Crippen molar-refractivity contribution in [2.24, 2.45) is 0 Å². The second kappa shape index (κ2) is 9.02. The summed E-state index contributed by atoms with van der Waals surface area (Å²) in [6.45, 7) is 5.26. The fourth-order valence-corrected chi connectivity index (χ4v) is 4.66. The van der Waals surface area contributed by atoms with Crippen LogP contribution >= 0.6 is 0 Å². The van der Waals surface area contributed by atoms with E-state index in [1.807, 2.05) is 55.5 Å². The van der Waals surface area contributed by atoms with Crippen molar-refractivity contribution in [2.45, 2.75) is 38.8 Å². The second-order valence-electron chi connectivity index (χ2n) is 8.46. The number of carbonyl (C=O) groups is 1. The van der Waals surface area contributed by atoms with Crippen molar-refractivity contribution >= 4 is 16.8 Å². The Kier molecular flexibility index (Phi) is 5.78. The van der Waals surface area contributed by atoms with Gasteiger partial charge >= 0.3 is 0 Å². The number of nitrogens with one attached hydrogen (secondary N) is 1.